The van der Waals surface area contributed by atoms with Crippen LogP contribution in [-0.4, -0.2) is 26.4 Å². The third-order valence-corrected chi connectivity index (χ3v) is 7.07. The lowest BCUT2D eigenvalue weighted by atomic mass is 9.77. The maximum atomic E-state index is 13.7. The molecule has 1 aliphatic heterocycles. The van der Waals surface area contributed by atoms with Crippen LogP contribution in [0.4, 0.5) is 0 Å². The minimum atomic E-state index is -0.251. The highest BCUT2D eigenvalue weighted by Gasteiger charge is 2.44. The van der Waals surface area contributed by atoms with Gasteiger partial charge in [0.25, 0.3) is 5.91 Å². The van der Waals surface area contributed by atoms with Crippen molar-refractivity contribution in [2.45, 2.75) is 52.6 Å². The number of amides is 1. The fourth-order valence-electron chi connectivity index (χ4n) is 4.94. The summed E-state index contributed by atoms with van der Waals surface area (Å²) in [4.78, 5) is 13.7. The number of nitrogens with zero attached hydrogens (tertiary/aromatic N) is 4. The van der Waals surface area contributed by atoms with Gasteiger partial charge in [-0.25, -0.2) is 5.01 Å². The van der Waals surface area contributed by atoms with Gasteiger partial charge in [-0.15, -0.1) is 0 Å². The van der Waals surface area contributed by atoms with E-state index in [2.05, 4.69) is 73.6 Å². The fraction of sp³-hybridized carbons (Fsp3) is 0.321. The lowest BCUT2D eigenvalue weighted by molar-refractivity contribution is 0.0674. The van der Waals surface area contributed by atoms with Gasteiger partial charge in [-0.2, -0.15) is 10.2 Å². The zero-order valence-corrected chi connectivity index (χ0v) is 20.6. The number of carbonyl (C=O) groups excluding carboxylic acids is 1. The van der Waals surface area contributed by atoms with Gasteiger partial charge in [0.1, 0.15) is 0 Å². The second-order valence-corrected chi connectivity index (χ2v) is 9.66. The zero-order valence-electron chi connectivity index (χ0n) is 19.8. The summed E-state index contributed by atoms with van der Waals surface area (Å²) < 4.78 is 1.69. The molecule has 1 aliphatic carbocycles. The molecule has 2 unspecified atom stereocenters. The molecule has 1 saturated carbocycles. The molecule has 2 heterocycles. The van der Waals surface area contributed by atoms with E-state index in [9.17, 15) is 4.79 Å². The standard InChI is InChI=1S/C28H29ClN4O/c1-4-32-17-24(29)26(30-32)28(34)33-27(21-14-10-19(3)11-15-21)23-7-5-6-22(25(23)31-33)16-20-12-8-18(2)9-13-20/h8-17,23,27H,4-7H2,1-3H3. The molecule has 1 aromatic heterocycles. The molecule has 2 atom stereocenters. The van der Waals surface area contributed by atoms with E-state index in [1.807, 2.05) is 6.92 Å². The zero-order chi connectivity index (χ0) is 23.8. The summed E-state index contributed by atoms with van der Waals surface area (Å²) in [6.07, 6.45) is 6.94. The van der Waals surface area contributed by atoms with Crippen molar-refractivity contribution in [2.24, 2.45) is 11.0 Å². The Morgan fingerprint density at radius 1 is 1.09 bits per heavy atom. The van der Waals surface area contributed by atoms with E-state index in [1.54, 1.807) is 15.9 Å². The van der Waals surface area contributed by atoms with E-state index < -0.39 is 0 Å². The van der Waals surface area contributed by atoms with Crippen molar-refractivity contribution in [1.82, 2.24) is 14.8 Å². The molecule has 2 aromatic carbocycles. The van der Waals surface area contributed by atoms with Gasteiger partial charge in [0.2, 0.25) is 0 Å². The number of hydrogen-bond donors (Lipinski definition) is 0. The first-order valence-electron chi connectivity index (χ1n) is 11.9. The molecule has 1 fully saturated rings. The van der Waals surface area contributed by atoms with E-state index in [4.69, 9.17) is 16.7 Å². The normalized spacial score (nSPS) is 21.0. The predicted octanol–water partition coefficient (Wildman–Crippen LogP) is 6.61. The SMILES string of the molecule is CCn1cc(Cl)c(C(=O)N2N=C3C(=Cc4ccc(C)cc4)CCCC3C2c2ccc(C)cc2)n1. The molecule has 2 aliphatic rings. The van der Waals surface area contributed by atoms with Crippen LogP contribution in [0.15, 0.2) is 65.4 Å². The maximum absolute atomic E-state index is 13.7. The number of allylic oxidation sites excluding steroid dienone is 1. The number of fused-ring (bicyclic) bond motifs is 1. The van der Waals surface area contributed by atoms with Crippen LogP contribution in [0.5, 0.6) is 0 Å². The van der Waals surface area contributed by atoms with Crippen molar-refractivity contribution < 1.29 is 4.79 Å². The number of carbonyl (C=O) groups is 1. The first kappa shape index (κ1) is 22.6. The average molecular weight is 473 g/mol. The van der Waals surface area contributed by atoms with Crippen LogP contribution < -0.4 is 0 Å². The molecular weight excluding hydrogens is 444 g/mol. The van der Waals surface area contributed by atoms with E-state index in [1.165, 1.54) is 16.7 Å². The fourth-order valence-corrected chi connectivity index (χ4v) is 5.17. The van der Waals surface area contributed by atoms with Gasteiger partial charge in [-0.05, 0) is 62.8 Å². The number of aromatic nitrogens is 2. The molecule has 0 radical (unpaired) electrons. The van der Waals surface area contributed by atoms with Gasteiger partial charge in [-0.3, -0.25) is 9.48 Å². The van der Waals surface area contributed by atoms with E-state index in [-0.39, 0.29) is 23.6 Å². The Kier molecular flexibility index (Phi) is 6.13. The summed E-state index contributed by atoms with van der Waals surface area (Å²) in [7, 11) is 0. The van der Waals surface area contributed by atoms with Crippen molar-refractivity contribution in [3.63, 3.8) is 0 Å². The molecule has 0 bridgehead atoms. The van der Waals surface area contributed by atoms with Crippen LogP contribution in [0, 0.1) is 19.8 Å². The van der Waals surface area contributed by atoms with Crippen molar-refractivity contribution in [2.75, 3.05) is 0 Å². The third kappa shape index (κ3) is 4.21. The first-order valence-corrected chi connectivity index (χ1v) is 12.3. The highest BCUT2D eigenvalue weighted by atomic mass is 35.5. The Balaban J connectivity index is 1.58. The minimum Gasteiger partial charge on any atom is -0.271 e. The molecule has 174 valence electrons. The van der Waals surface area contributed by atoms with Gasteiger partial charge in [0, 0.05) is 18.7 Å². The van der Waals surface area contributed by atoms with Gasteiger partial charge >= 0.3 is 0 Å². The highest BCUT2D eigenvalue weighted by Crippen LogP contribution is 2.45. The summed E-state index contributed by atoms with van der Waals surface area (Å²) in [5.74, 6) is -0.108. The van der Waals surface area contributed by atoms with Gasteiger partial charge in [-0.1, -0.05) is 71.3 Å². The minimum absolute atomic E-state index is 0.143. The second-order valence-electron chi connectivity index (χ2n) is 9.25. The Morgan fingerprint density at radius 2 is 1.76 bits per heavy atom. The van der Waals surface area contributed by atoms with Gasteiger partial charge in [0.15, 0.2) is 5.69 Å². The lowest BCUT2D eigenvalue weighted by Crippen LogP contribution is -2.32. The summed E-state index contributed by atoms with van der Waals surface area (Å²) >= 11 is 6.42. The van der Waals surface area contributed by atoms with Crippen molar-refractivity contribution in [1.29, 1.82) is 0 Å². The average Bonchev–Trinajstić information content (AvgIpc) is 3.42. The van der Waals surface area contributed by atoms with Crippen molar-refractivity contribution in [3.05, 3.63) is 93.3 Å². The second kappa shape index (κ2) is 9.22. The molecule has 5 nitrogen and oxygen atoms in total. The topological polar surface area (TPSA) is 50.5 Å². The van der Waals surface area contributed by atoms with E-state index >= 15 is 0 Å². The number of rotatable bonds is 4. The molecule has 6 heteroatoms. The smallest absolute Gasteiger partial charge is 0.271 e. The molecule has 0 N–H and O–H groups in total. The molecule has 3 aromatic rings. The van der Waals surface area contributed by atoms with E-state index in [0.29, 0.717) is 11.6 Å². The number of hydrogen-bond acceptors (Lipinski definition) is 3. The predicted molar refractivity (Wildman–Crippen MR) is 137 cm³/mol. The maximum Gasteiger partial charge on any atom is 0.296 e. The Hall–Kier alpha value is -3.18. The summed E-state index contributed by atoms with van der Waals surface area (Å²) in [6.45, 7) is 6.78. The monoisotopic (exact) mass is 472 g/mol. The van der Waals surface area contributed by atoms with Crippen molar-refractivity contribution >= 4 is 29.3 Å². The quantitative estimate of drug-likeness (QED) is 0.429. The Morgan fingerprint density at radius 3 is 2.41 bits per heavy atom. The molecule has 5 rings (SSSR count). The first-order chi connectivity index (χ1) is 16.4. The van der Waals surface area contributed by atoms with Crippen LogP contribution >= 0.6 is 11.6 Å². The van der Waals surface area contributed by atoms with Gasteiger partial charge in [0.05, 0.1) is 16.8 Å². The molecular formula is C28H29ClN4O. The number of benzene rings is 2. The van der Waals surface area contributed by atoms with Crippen molar-refractivity contribution in [3.8, 4) is 0 Å². The molecule has 1 amide bonds. The van der Waals surface area contributed by atoms with Crippen LogP contribution in [0.2, 0.25) is 5.02 Å². The van der Waals surface area contributed by atoms with Gasteiger partial charge < -0.3 is 0 Å². The van der Waals surface area contributed by atoms with Crippen LogP contribution in [-0.2, 0) is 6.54 Å². The molecule has 0 spiro atoms. The molecule has 34 heavy (non-hydrogen) atoms. The Labute approximate surface area is 205 Å². The summed E-state index contributed by atoms with van der Waals surface area (Å²) in [6, 6.07) is 16.8. The largest absolute Gasteiger partial charge is 0.296 e. The number of halogens is 1. The summed E-state index contributed by atoms with van der Waals surface area (Å²) in [5.41, 5.74) is 7.15. The highest BCUT2D eigenvalue weighted by molar-refractivity contribution is 6.33. The van der Waals surface area contributed by atoms with Crippen LogP contribution in [0.1, 0.15) is 65.0 Å². The molecule has 0 saturated heterocycles. The third-order valence-electron chi connectivity index (χ3n) is 6.79. The van der Waals surface area contributed by atoms with E-state index in [0.717, 1.165) is 36.1 Å². The lowest BCUT2D eigenvalue weighted by Gasteiger charge is -2.29. The van der Waals surface area contributed by atoms with Crippen LogP contribution in [0.3, 0.4) is 0 Å². The number of aryl methyl sites for hydroxylation is 3. The number of hydrazone groups is 1. The Bertz CT molecular complexity index is 1270. The van der Waals surface area contributed by atoms with Crippen LogP contribution in [0.25, 0.3) is 6.08 Å². The summed E-state index contributed by atoms with van der Waals surface area (Å²) in [5, 5.41) is 11.4.